The van der Waals surface area contributed by atoms with Crippen molar-refractivity contribution in [3.05, 3.63) is 89.2 Å². The highest BCUT2D eigenvalue weighted by atomic mass is 16.6. The maximum absolute atomic E-state index is 12.6. The van der Waals surface area contributed by atoms with Crippen LogP contribution in [0.3, 0.4) is 0 Å². The number of ether oxygens (including phenoxy) is 1. The van der Waals surface area contributed by atoms with Crippen molar-refractivity contribution in [1.82, 2.24) is 30.7 Å². The third kappa shape index (κ3) is 4.55. The van der Waals surface area contributed by atoms with Crippen molar-refractivity contribution in [1.29, 1.82) is 0 Å². The monoisotopic (exact) mass is 468 g/mol. The molecule has 0 aliphatic rings. The van der Waals surface area contributed by atoms with E-state index in [9.17, 15) is 4.79 Å². The molecule has 0 radical (unpaired) electrons. The van der Waals surface area contributed by atoms with E-state index in [4.69, 9.17) is 10.5 Å². The molecule has 5 aromatic rings. The molecule has 3 N–H and O–H groups in total. The van der Waals surface area contributed by atoms with Crippen LogP contribution in [-0.4, -0.2) is 37.4 Å². The van der Waals surface area contributed by atoms with Gasteiger partial charge in [-0.2, -0.15) is 9.78 Å². The van der Waals surface area contributed by atoms with Crippen molar-refractivity contribution in [3.63, 3.8) is 0 Å². The molecule has 3 aromatic carbocycles. The van der Waals surface area contributed by atoms with Crippen molar-refractivity contribution in [2.45, 2.75) is 13.5 Å². The van der Waals surface area contributed by atoms with Crippen LogP contribution in [0.4, 0.5) is 5.82 Å². The lowest BCUT2D eigenvalue weighted by molar-refractivity contribution is 0.0946. The van der Waals surface area contributed by atoms with Crippen molar-refractivity contribution >= 4 is 28.7 Å². The molecule has 0 aliphatic heterocycles. The van der Waals surface area contributed by atoms with E-state index >= 15 is 0 Å². The average Bonchev–Trinajstić information content (AvgIpc) is 3.48. The highest BCUT2D eigenvalue weighted by Crippen LogP contribution is 2.21. The number of nitrogens with zero attached hydrogens (tertiary/aromatic N) is 6. The van der Waals surface area contributed by atoms with Crippen LogP contribution in [0.2, 0.25) is 0 Å². The van der Waals surface area contributed by atoms with Gasteiger partial charge in [-0.25, -0.2) is 10.1 Å². The summed E-state index contributed by atoms with van der Waals surface area (Å²) in [6.07, 6.45) is 1.52. The van der Waals surface area contributed by atoms with Crippen molar-refractivity contribution in [2.75, 3.05) is 5.73 Å². The van der Waals surface area contributed by atoms with Crippen LogP contribution < -0.4 is 15.9 Å². The van der Waals surface area contributed by atoms with Crippen LogP contribution in [0.5, 0.6) is 5.75 Å². The Balaban J connectivity index is 1.22. The first-order chi connectivity index (χ1) is 17.1. The number of hydrogen-bond donors (Lipinski definition) is 2. The molecule has 0 saturated heterocycles. The molecule has 0 bridgehead atoms. The van der Waals surface area contributed by atoms with E-state index in [-0.39, 0.29) is 17.3 Å². The number of nitrogens with two attached hydrogens (primary N) is 1. The molecule has 0 saturated carbocycles. The summed E-state index contributed by atoms with van der Waals surface area (Å²) in [6, 6.07) is 21.7. The van der Waals surface area contributed by atoms with E-state index < -0.39 is 5.91 Å². The highest BCUT2D eigenvalue weighted by Gasteiger charge is 2.22. The Kier molecular flexibility index (Phi) is 5.87. The van der Waals surface area contributed by atoms with E-state index in [1.165, 1.54) is 17.0 Å². The summed E-state index contributed by atoms with van der Waals surface area (Å²) in [6.45, 7) is 2.08. The summed E-state index contributed by atoms with van der Waals surface area (Å²) in [4.78, 5) is 12.6. The number of carbonyl (C=O) groups is 1. The number of aryl methyl sites for hydroxylation is 1. The maximum Gasteiger partial charge on any atom is 0.292 e. The average molecular weight is 468 g/mol. The molecule has 11 heteroatoms. The van der Waals surface area contributed by atoms with Crippen LogP contribution >= 0.6 is 0 Å². The molecule has 1 amide bonds. The van der Waals surface area contributed by atoms with Gasteiger partial charge in [-0.1, -0.05) is 47.7 Å². The summed E-state index contributed by atoms with van der Waals surface area (Å²) >= 11 is 0. The van der Waals surface area contributed by atoms with Crippen LogP contribution in [-0.2, 0) is 6.61 Å². The smallest absolute Gasteiger partial charge is 0.292 e. The molecular formula is C24H20N8O3. The predicted octanol–water partition coefficient (Wildman–Crippen LogP) is 3.04. The molecule has 2 heterocycles. The fraction of sp³-hybridized carbons (Fsp3) is 0.0833. The second-order valence-corrected chi connectivity index (χ2v) is 7.60. The first kappa shape index (κ1) is 21.8. The Morgan fingerprint density at radius 3 is 2.71 bits per heavy atom. The summed E-state index contributed by atoms with van der Waals surface area (Å²) in [5.41, 5.74) is 10.5. The first-order valence-corrected chi connectivity index (χ1v) is 10.6. The van der Waals surface area contributed by atoms with Gasteiger partial charge in [-0.05, 0) is 63.4 Å². The lowest BCUT2D eigenvalue weighted by atomic mass is 10.1. The van der Waals surface area contributed by atoms with Gasteiger partial charge in [-0.15, -0.1) is 5.10 Å². The zero-order valence-electron chi connectivity index (χ0n) is 18.6. The van der Waals surface area contributed by atoms with E-state index in [1.54, 1.807) is 6.92 Å². The van der Waals surface area contributed by atoms with Crippen molar-refractivity contribution < 1.29 is 14.2 Å². The van der Waals surface area contributed by atoms with Crippen LogP contribution in [0.25, 0.3) is 16.6 Å². The summed E-state index contributed by atoms with van der Waals surface area (Å²) in [7, 11) is 0. The fourth-order valence-corrected chi connectivity index (χ4v) is 3.55. The second-order valence-electron chi connectivity index (χ2n) is 7.60. The molecule has 11 nitrogen and oxygen atoms in total. The minimum Gasteiger partial charge on any atom is -0.489 e. The number of rotatable bonds is 7. The maximum atomic E-state index is 12.6. The Morgan fingerprint density at radius 1 is 1.11 bits per heavy atom. The molecule has 5 rings (SSSR count). The molecule has 0 unspecified atom stereocenters. The van der Waals surface area contributed by atoms with E-state index in [0.717, 1.165) is 21.6 Å². The van der Waals surface area contributed by atoms with Crippen molar-refractivity contribution in [3.8, 4) is 11.6 Å². The molecule has 35 heavy (non-hydrogen) atoms. The molecule has 0 fully saturated rings. The molecule has 0 atom stereocenters. The topological polar surface area (TPSA) is 146 Å². The second kappa shape index (κ2) is 9.43. The number of hydrogen-bond acceptors (Lipinski definition) is 9. The van der Waals surface area contributed by atoms with Gasteiger partial charge in [0.05, 0.1) is 11.9 Å². The first-order valence-electron chi connectivity index (χ1n) is 10.6. The molecule has 2 aromatic heterocycles. The van der Waals surface area contributed by atoms with E-state index in [0.29, 0.717) is 12.3 Å². The third-order valence-corrected chi connectivity index (χ3v) is 5.28. The summed E-state index contributed by atoms with van der Waals surface area (Å²) in [5, 5.41) is 21.3. The number of nitrogen functional groups attached to an aromatic ring is 1. The molecular weight excluding hydrogens is 448 g/mol. The highest BCUT2D eigenvalue weighted by molar-refractivity contribution is 5.94. The lowest BCUT2D eigenvalue weighted by Gasteiger charge is -2.09. The van der Waals surface area contributed by atoms with Gasteiger partial charge >= 0.3 is 0 Å². The largest absolute Gasteiger partial charge is 0.489 e. The van der Waals surface area contributed by atoms with E-state index in [1.807, 2.05) is 42.5 Å². The summed E-state index contributed by atoms with van der Waals surface area (Å²) in [5.74, 6) is 0.235. The van der Waals surface area contributed by atoms with Gasteiger partial charge in [-0.3, -0.25) is 4.79 Å². The number of hydrazone groups is 1. The Hall–Kier alpha value is -5.06. The minimum absolute atomic E-state index is 0.0183. The number of amides is 1. The Morgan fingerprint density at radius 2 is 1.91 bits per heavy atom. The number of fused-ring (bicyclic) bond motifs is 1. The standard InChI is InChI=1S/C24H20N8O3/c1-15-21(32(31-27-15)23-22(25)29-35-30-23)24(33)28-26-13-16-9-11-19(12-10-16)34-14-18-7-4-6-17-5-2-3-8-20(17)18/h2-13H,14H2,1H3,(H2,25,29)(H,28,33)/b26-13-. The zero-order chi connectivity index (χ0) is 24.2. The number of benzene rings is 3. The zero-order valence-corrected chi connectivity index (χ0v) is 18.6. The molecule has 174 valence electrons. The number of nitrogens with one attached hydrogen (secondary N) is 1. The van der Waals surface area contributed by atoms with Crippen LogP contribution in [0, 0.1) is 6.92 Å². The molecule has 0 aliphatic carbocycles. The number of anilines is 1. The predicted molar refractivity (Wildman–Crippen MR) is 128 cm³/mol. The van der Waals surface area contributed by atoms with Gasteiger partial charge in [0.1, 0.15) is 12.4 Å². The van der Waals surface area contributed by atoms with Gasteiger partial charge in [0.25, 0.3) is 5.91 Å². The van der Waals surface area contributed by atoms with E-state index in [2.05, 4.69) is 60.0 Å². The van der Waals surface area contributed by atoms with Gasteiger partial charge in [0.15, 0.2) is 5.69 Å². The summed E-state index contributed by atoms with van der Waals surface area (Å²) < 4.78 is 11.7. The van der Waals surface area contributed by atoms with Gasteiger partial charge in [0, 0.05) is 0 Å². The number of aromatic nitrogens is 5. The van der Waals surface area contributed by atoms with Gasteiger partial charge in [0.2, 0.25) is 11.6 Å². The number of carbonyl (C=O) groups excluding carboxylic acids is 1. The van der Waals surface area contributed by atoms with Gasteiger partial charge < -0.3 is 10.5 Å². The van der Waals surface area contributed by atoms with Crippen molar-refractivity contribution in [2.24, 2.45) is 5.10 Å². The van der Waals surface area contributed by atoms with Crippen LogP contribution in [0.1, 0.15) is 27.3 Å². The Bertz CT molecular complexity index is 1520. The minimum atomic E-state index is -0.541. The van der Waals surface area contributed by atoms with Crippen LogP contribution in [0.15, 0.2) is 76.5 Å². The third-order valence-electron chi connectivity index (χ3n) is 5.28. The fourth-order valence-electron chi connectivity index (χ4n) is 3.55. The Labute approximate surface area is 199 Å². The quantitative estimate of drug-likeness (QED) is 0.274. The molecule has 0 spiro atoms. The normalized spacial score (nSPS) is 11.2. The lowest BCUT2D eigenvalue weighted by Crippen LogP contribution is -2.22. The SMILES string of the molecule is Cc1nnn(-c2nonc2N)c1C(=O)N/N=C\c1ccc(OCc2cccc3ccccc23)cc1.